The zero-order chi connectivity index (χ0) is 15.5. The lowest BCUT2D eigenvalue weighted by Gasteiger charge is -2.29. The maximum Gasteiger partial charge on any atom is 0.410 e. The Morgan fingerprint density at radius 1 is 1.52 bits per heavy atom. The van der Waals surface area contributed by atoms with Gasteiger partial charge in [-0.3, -0.25) is 4.90 Å². The molecule has 21 heavy (non-hydrogen) atoms. The molecule has 2 rings (SSSR count). The molecule has 0 spiro atoms. The van der Waals surface area contributed by atoms with E-state index in [9.17, 15) is 4.79 Å². The van der Waals surface area contributed by atoms with Crippen LogP contribution in [0.3, 0.4) is 0 Å². The van der Waals surface area contributed by atoms with Gasteiger partial charge in [-0.15, -0.1) is 0 Å². The first-order chi connectivity index (χ1) is 9.92. The maximum atomic E-state index is 12.4. The fourth-order valence-electron chi connectivity index (χ4n) is 2.60. The maximum absolute atomic E-state index is 12.4. The Bertz CT molecular complexity index is 482. The number of carbonyl (C=O) groups is 1. The lowest BCUT2D eigenvalue weighted by atomic mass is 10.1. The summed E-state index contributed by atoms with van der Waals surface area (Å²) in [5.41, 5.74) is 0.663. The molecule has 1 atom stereocenters. The Hall–Kier alpha value is -1.17. The summed E-state index contributed by atoms with van der Waals surface area (Å²) in [6, 6.07) is 0.0872. The number of imidazole rings is 1. The Morgan fingerprint density at radius 2 is 2.29 bits per heavy atom. The minimum Gasteiger partial charge on any atom is -0.444 e. The molecule has 1 amide bonds. The highest BCUT2D eigenvalue weighted by molar-refractivity contribution is 7.98. The molecule has 0 radical (unpaired) electrons. The lowest BCUT2D eigenvalue weighted by molar-refractivity contribution is 0.0219. The van der Waals surface area contributed by atoms with E-state index in [4.69, 9.17) is 4.74 Å². The van der Waals surface area contributed by atoms with Gasteiger partial charge in [0.05, 0.1) is 24.3 Å². The highest BCUT2D eigenvalue weighted by Gasteiger charge is 2.34. The topological polar surface area (TPSA) is 47.4 Å². The number of ether oxygens (including phenoxy) is 1. The van der Waals surface area contributed by atoms with Crippen LogP contribution in [0.1, 0.15) is 45.3 Å². The Morgan fingerprint density at radius 3 is 2.95 bits per heavy atom. The largest absolute Gasteiger partial charge is 0.444 e. The third-order valence-corrected chi connectivity index (χ3v) is 4.09. The molecule has 1 fully saturated rings. The van der Waals surface area contributed by atoms with Gasteiger partial charge in [-0.1, -0.05) is 0 Å². The molecule has 1 aromatic heterocycles. The predicted molar refractivity (Wildman–Crippen MR) is 85.5 cm³/mol. The van der Waals surface area contributed by atoms with Crippen LogP contribution >= 0.6 is 11.8 Å². The van der Waals surface area contributed by atoms with Gasteiger partial charge < -0.3 is 9.30 Å². The Kier molecular flexibility index (Phi) is 5.19. The summed E-state index contributed by atoms with van der Waals surface area (Å²) in [6.45, 7) is 7.39. The van der Waals surface area contributed by atoms with Gasteiger partial charge in [0.2, 0.25) is 0 Å². The zero-order valence-electron chi connectivity index (χ0n) is 13.3. The average Bonchev–Trinajstić information content (AvgIpc) is 3.02. The number of thioether (sulfide) groups is 1. The summed E-state index contributed by atoms with van der Waals surface area (Å²) in [7, 11) is 0. The number of carbonyl (C=O) groups excluding carboxylic acids is 1. The third kappa shape index (κ3) is 4.15. The van der Waals surface area contributed by atoms with Gasteiger partial charge in [-0.2, -0.15) is 11.8 Å². The van der Waals surface area contributed by atoms with Crippen LogP contribution < -0.4 is 0 Å². The van der Waals surface area contributed by atoms with Crippen LogP contribution in [-0.4, -0.2) is 44.7 Å². The summed E-state index contributed by atoms with van der Waals surface area (Å²) >= 11 is 1.81. The van der Waals surface area contributed by atoms with Crippen LogP contribution in [-0.2, 0) is 11.3 Å². The van der Waals surface area contributed by atoms with Crippen molar-refractivity contribution >= 4 is 17.9 Å². The minimum absolute atomic E-state index is 0.0872. The van der Waals surface area contributed by atoms with E-state index in [0.29, 0.717) is 0 Å². The number of aryl methyl sites for hydroxylation is 1. The van der Waals surface area contributed by atoms with Crippen molar-refractivity contribution in [2.24, 2.45) is 0 Å². The number of rotatable bonds is 4. The highest BCUT2D eigenvalue weighted by atomic mass is 32.2. The molecule has 0 N–H and O–H groups in total. The van der Waals surface area contributed by atoms with E-state index in [1.807, 2.05) is 50.0 Å². The standard InChI is InChI=1S/C15H25N3O2S/c1-15(2,3)20-14(19)18-7-5-6-12(18)13-10-16-11-17(13)8-9-21-4/h10-12H,5-9H2,1-4H3/t12-/m0/s1. The second-order valence-electron chi connectivity index (χ2n) is 6.34. The number of hydrogen-bond acceptors (Lipinski definition) is 4. The molecule has 0 bridgehead atoms. The smallest absolute Gasteiger partial charge is 0.410 e. The number of aromatic nitrogens is 2. The van der Waals surface area contributed by atoms with Gasteiger partial charge in [-0.25, -0.2) is 9.78 Å². The van der Waals surface area contributed by atoms with Crippen molar-refractivity contribution in [2.45, 2.75) is 51.8 Å². The van der Waals surface area contributed by atoms with Gasteiger partial charge >= 0.3 is 6.09 Å². The van der Waals surface area contributed by atoms with Crippen LogP contribution in [0, 0.1) is 0 Å². The summed E-state index contributed by atoms with van der Waals surface area (Å²) in [4.78, 5) is 18.5. The van der Waals surface area contributed by atoms with E-state index in [2.05, 4.69) is 15.8 Å². The summed E-state index contributed by atoms with van der Waals surface area (Å²) in [6.07, 6.45) is 7.61. The third-order valence-electron chi connectivity index (χ3n) is 3.50. The fourth-order valence-corrected chi connectivity index (χ4v) is 2.98. The quantitative estimate of drug-likeness (QED) is 0.856. The average molecular weight is 311 g/mol. The molecule has 6 heteroatoms. The van der Waals surface area contributed by atoms with Crippen molar-refractivity contribution in [3.05, 3.63) is 18.2 Å². The fraction of sp³-hybridized carbons (Fsp3) is 0.733. The number of amides is 1. The van der Waals surface area contributed by atoms with Crippen LogP contribution in [0.5, 0.6) is 0 Å². The van der Waals surface area contributed by atoms with Crippen LogP contribution in [0.15, 0.2) is 12.5 Å². The number of hydrogen-bond donors (Lipinski definition) is 0. The van der Waals surface area contributed by atoms with E-state index < -0.39 is 5.60 Å². The first kappa shape index (κ1) is 16.2. The van der Waals surface area contributed by atoms with E-state index in [0.717, 1.165) is 37.4 Å². The summed E-state index contributed by atoms with van der Waals surface area (Å²) in [5, 5.41) is 0. The van der Waals surface area contributed by atoms with Crippen LogP contribution in [0.4, 0.5) is 4.79 Å². The van der Waals surface area contributed by atoms with Crippen molar-refractivity contribution in [3.8, 4) is 0 Å². The number of nitrogens with zero attached hydrogens (tertiary/aromatic N) is 3. The first-order valence-electron chi connectivity index (χ1n) is 7.41. The second-order valence-corrected chi connectivity index (χ2v) is 7.32. The molecule has 0 aliphatic carbocycles. The normalized spacial score (nSPS) is 19.0. The van der Waals surface area contributed by atoms with Crippen LogP contribution in [0.2, 0.25) is 0 Å². The predicted octanol–water partition coefficient (Wildman–Crippen LogP) is 3.32. The molecule has 0 aromatic carbocycles. The van der Waals surface area contributed by atoms with E-state index >= 15 is 0 Å². The molecule has 1 saturated heterocycles. The molecule has 2 heterocycles. The van der Waals surface area contributed by atoms with Gasteiger partial charge in [0.25, 0.3) is 0 Å². The Labute approximate surface area is 131 Å². The van der Waals surface area contributed by atoms with Crippen molar-refractivity contribution in [2.75, 3.05) is 18.6 Å². The van der Waals surface area contributed by atoms with Crippen LogP contribution in [0.25, 0.3) is 0 Å². The molecule has 0 saturated carbocycles. The Balaban J connectivity index is 2.11. The molecule has 1 aliphatic rings. The first-order valence-corrected chi connectivity index (χ1v) is 8.80. The lowest BCUT2D eigenvalue weighted by Crippen LogP contribution is -2.37. The van der Waals surface area contributed by atoms with E-state index in [1.54, 1.807) is 0 Å². The van der Waals surface area contributed by atoms with Crippen molar-refractivity contribution in [1.29, 1.82) is 0 Å². The zero-order valence-corrected chi connectivity index (χ0v) is 14.2. The molecular weight excluding hydrogens is 286 g/mol. The molecule has 1 aromatic rings. The number of likely N-dealkylation sites (tertiary alicyclic amines) is 1. The molecule has 1 aliphatic heterocycles. The van der Waals surface area contributed by atoms with Gasteiger partial charge in [0, 0.05) is 18.8 Å². The summed E-state index contributed by atoms with van der Waals surface area (Å²) < 4.78 is 7.68. The van der Waals surface area contributed by atoms with E-state index in [-0.39, 0.29) is 12.1 Å². The van der Waals surface area contributed by atoms with Gasteiger partial charge in [0.15, 0.2) is 0 Å². The van der Waals surface area contributed by atoms with E-state index in [1.165, 1.54) is 0 Å². The molecular formula is C15H25N3O2S. The van der Waals surface area contributed by atoms with Crippen molar-refractivity contribution < 1.29 is 9.53 Å². The highest BCUT2D eigenvalue weighted by Crippen LogP contribution is 2.33. The molecule has 118 valence electrons. The van der Waals surface area contributed by atoms with Gasteiger partial charge in [0.1, 0.15) is 5.60 Å². The summed E-state index contributed by atoms with van der Waals surface area (Å²) in [5.74, 6) is 1.04. The van der Waals surface area contributed by atoms with Gasteiger partial charge in [-0.05, 0) is 39.9 Å². The molecule has 0 unspecified atom stereocenters. The molecule has 5 nitrogen and oxygen atoms in total. The second kappa shape index (κ2) is 6.73. The SMILES string of the molecule is CSCCn1cncc1[C@@H]1CCCN1C(=O)OC(C)(C)C. The van der Waals surface area contributed by atoms with Crippen molar-refractivity contribution in [3.63, 3.8) is 0 Å². The minimum atomic E-state index is -0.455. The monoisotopic (exact) mass is 311 g/mol. The van der Waals surface area contributed by atoms with Crippen molar-refractivity contribution in [1.82, 2.24) is 14.5 Å².